The van der Waals surface area contributed by atoms with Gasteiger partial charge in [-0.25, -0.2) is 0 Å². The van der Waals surface area contributed by atoms with Gasteiger partial charge in [0.2, 0.25) is 0 Å². The minimum absolute atomic E-state index is 0.105. The zero-order chi connectivity index (χ0) is 14.7. The summed E-state index contributed by atoms with van der Waals surface area (Å²) in [6.07, 6.45) is 1.98. The number of hydrogen-bond acceptors (Lipinski definition) is 4. The van der Waals surface area contributed by atoms with Crippen molar-refractivity contribution in [1.82, 2.24) is 19.9 Å². The highest BCUT2D eigenvalue weighted by Gasteiger charge is 2.12. The van der Waals surface area contributed by atoms with Crippen molar-refractivity contribution in [3.8, 4) is 5.75 Å². The molecule has 3 aromatic rings. The minimum Gasteiger partial charge on any atom is -0.497 e. The van der Waals surface area contributed by atoms with E-state index >= 15 is 0 Å². The van der Waals surface area contributed by atoms with Crippen LogP contribution in [0, 0.1) is 0 Å². The Bertz CT molecular complexity index is 738. The first-order valence-corrected chi connectivity index (χ1v) is 6.94. The first-order valence-electron chi connectivity index (χ1n) is 6.94. The fourth-order valence-corrected chi connectivity index (χ4v) is 2.30. The number of methoxy groups -OCH3 is 1. The molecule has 2 aromatic heterocycles. The Morgan fingerprint density at radius 1 is 1.19 bits per heavy atom. The van der Waals surface area contributed by atoms with Crippen molar-refractivity contribution in [2.75, 3.05) is 7.11 Å². The van der Waals surface area contributed by atoms with E-state index in [0.29, 0.717) is 0 Å². The zero-order valence-electron chi connectivity index (χ0n) is 12.2. The number of aromatic nitrogens is 3. The average molecular weight is 282 g/mol. The Hall–Kier alpha value is -2.40. The summed E-state index contributed by atoms with van der Waals surface area (Å²) in [5.41, 5.74) is 2.04. The van der Waals surface area contributed by atoms with Crippen LogP contribution in [0.5, 0.6) is 5.75 Å². The fraction of sp³-hybridized carbons (Fsp3) is 0.250. The predicted octanol–water partition coefficient (Wildman–Crippen LogP) is 2.59. The molecule has 1 atom stereocenters. The molecule has 0 amide bonds. The Balaban J connectivity index is 1.72. The summed E-state index contributed by atoms with van der Waals surface area (Å²) in [6, 6.07) is 14.0. The van der Waals surface area contributed by atoms with Gasteiger partial charge in [0.15, 0.2) is 11.5 Å². The van der Waals surface area contributed by atoms with Crippen LogP contribution in [0.15, 0.2) is 48.7 Å². The highest BCUT2D eigenvalue weighted by Crippen LogP contribution is 2.15. The fourth-order valence-electron chi connectivity index (χ4n) is 2.30. The van der Waals surface area contributed by atoms with E-state index in [1.54, 1.807) is 7.11 Å². The second-order valence-electron chi connectivity index (χ2n) is 4.94. The monoisotopic (exact) mass is 282 g/mol. The molecule has 1 aromatic carbocycles. The van der Waals surface area contributed by atoms with Crippen LogP contribution in [0.4, 0.5) is 0 Å². The Kier molecular flexibility index (Phi) is 3.83. The van der Waals surface area contributed by atoms with Crippen LogP contribution in [-0.2, 0) is 6.54 Å². The number of hydrogen-bond donors (Lipinski definition) is 1. The van der Waals surface area contributed by atoms with Crippen molar-refractivity contribution in [2.24, 2.45) is 0 Å². The number of nitrogens with zero attached hydrogens (tertiary/aromatic N) is 3. The van der Waals surface area contributed by atoms with Gasteiger partial charge in [-0.05, 0) is 36.8 Å². The van der Waals surface area contributed by atoms with E-state index in [0.717, 1.165) is 23.8 Å². The molecule has 0 saturated carbocycles. The Morgan fingerprint density at radius 2 is 2.10 bits per heavy atom. The first-order chi connectivity index (χ1) is 10.3. The molecular formula is C16H18N4O. The third kappa shape index (κ3) is 2.87. The molecule has 1 unspecified atom stereocenters. The molecule has 3 rings (SSSR count). The van der Waals surface area contributed by atoms with Gasteiger partial charge in [-0.2, -0.15) is 0 Å². The summed E-state index contributed by atoms with van der Waals surface area (Å²) in [7, 11) is 1.68. The van der Waals surface area contributed by atoms with Gasteiger partial charge in [-0.15, -0.1) is 10.2 Å². The number of pyridine rings is 1. The number of benzene rings is 1. The minimum atomic E-state index is 0.105. The van der Waals surface area contributed by atoms with E-state index < -0.39 is 0 Å². The largest absolute Gasteiger partial charge is 0.497 e. The van der Waals surface area contributed by atoms with E-state index in [2.05, 4.69) is 28.5 Å². The third-order valence-corrected chi connectivity index (χ3v) is 3.47. The molecule has 0 fully saturated rings. The standard InChI is InChI=1S/C16H18N4O/c1-12(16-19-18-15-8-3-4-9-20(15)16)17-11-13-6-5-7-14(10-13)21-2/h3-10,12,17H,11H2,1-2H3. The number of nitrogens with one attached hydrogen (secondary N) is 1. The van der Waals surface area contributed by atoms with Crippen LogP contribution in [0.2, 0.25) is 0 Å². The van der Waals surface area contributed by atoms with E-state index in [-0.39, 0.29) is 6.04 Å². The van der Waals surface area contributed by atoms with E-state index in [9.17, 15) is 0 Å². The second-order valence-corrected chi connectivity index (χ2v) is 4.94. The van der Waals surface area contributed by atoms with Gasteiger partial charge in [0, 0.05) is 12.7 Å². The molecule has 0 saturated heterocycles. The lowest BCUT2D eigenvalue weighted by molar-refractivity contribution is 0.413. The molecule has 0 aliphatic rings. The molecule has 1 N–H and O–H groups in total. The SMILES string of the molecule is COc1cccc(CNC(C)c2nnc3ccccn23)c1. The summed E-state index contributed by atoms with van der Waals surface area (Å²) in [4.78, 5) is 0. The van der Waals surface area contributed by atoms with Gasteiger partial charge >= 0.3 is 0 Å². The molecule has 5 nitrogen and oxygen atoms in total. The highest BCUT2D eigenvalue weighted by atomic mass is 16.5. The number of ether oxygens (including phenoxy) is 1. The van der Waals surface area contributed by atoms with Crippen LogP contribution in [0.3, 0.4) is 0 Å². The van der Waals surface area contributed by atoms with Crippen molar-refractivity contribution < 1.29 is 4.74 Å². The third-order valence-electron chi connectivity index (χ3n) is 3.47. The molecule has 0 radical (unpaired) electrons. The lowest BCUT2D eigenvalue weighted by Gasteiger charge is -2.12. The van der Waals surface area contributed by atoms with Crippen LogP contribution in [0.1, 0.15) is 24.4 Å². The van der Waals surface area contributed by atoms with E-state index in [1.807, 2.05) is 47.0 Å². The van der Waals surface area contributed by atoms with Crippen LogP contribution in [-0.4, -0.2) is 21.7 Å². The van der Waals surface area contributed by atoms with E-state index in [1.165, 1.54) is 5.56 Å². The van der Waals surface area contributed by atoms with Gasteiger partial charge in [-0.1, -0.05) is 18.2 Å². The van der Waals surface area contributed by atoms with Gasteiger partial charge in [0.25, 0.3) is 0 Å². The maximum Gasteiger partial charge on any atom is 0.160 e. The normalized spacial score (nSPS) is 12.5. The van der Waals surface area contributed by atoms with Crippen molar-refractivity contribution in [3.63, 3.8) is 0 Å². The Morgan fingerprint density at radius 3 is 2.95 bits per heavy atom. The lowest BCUT2D eigenvalue weighted by atomic mass is 10.2. The van der Waals surface area contributed by atoms with Gasteiger partial charge < -0.3 is 10.1 Å². The molecule has 21 heavy (non-hydrogen) atoms. The molecular weight excluding hydrogens is 264 g/mol. The van der Waals surface area contributed by atoms with Crippen LogP contribution in [0.25, 0.3) is 5.65 Å². The topological polar surface area (TPSA) is 51.5 Å². The average Bonchev–Trinajstić information content (AvgIpc) is 2.97. The smallest absolute Gasteiger partial charge is 0.160 e. The maximum atomic E-state index is 5.24. The Labute approximate surface area is 123 Å². The second kappa shape index (κ2) is 5.93. The van der Waals surface area contributed by atoms with Gasteiger partial charge in [0.1, 0.15) is 5.75 Å². The summed E-state index contributed by atoms with van der Waals surface area (Å²) in [5.74, 6) is 1.78. The molecule has 108 valence electrons. The van der Waals surface area contributed by atoms with Crippen molar-refractivity contribution in [3.05, 3.63) is 60.0 Å². The van der Waals surface area contributed by atoms with Gasteiger partial charge in [-0.3, -0.25) is 4.40 Å². The number of fused-ring (bicyclic) bond motifs is 1. The summed E-state index contributed by atoms with van der Waals surface area (Å²) >= 11 is 0. The van der Waals surface area contributed by atoms with Crippen molar-refractivity contribution in [2.45, 2.75) is 19.5 Å². The highest BCUT2D eigenvalue weighted by molar-refractivity contribution is 5.37. The summed E-state index contributed by atoms with van der Waals surface area (Å²) in [6.45, 7) is 2.84. The van der Waals surface area contributed by atoms with Crippen LogP contribution >= 0.6 is 0 Å². The quantitative estimate of drug-likeness (QED) is 0.781. The van der Waals surface area contributed by atoms with E-state index in [4.69, 9.17) is 4.74 Å². The number of rotatable bonds is 5. The molecule has 0 spiro atoms. The van der Waals surface area contributed by atoms with Crippen LogP contribution < -0.4 is 10.1 Å². The van der Waals surface area contributed by atoms with Crippen molar-refractivity contribution >= 4 is 5.65 Å². The predicted molar refractivity (Wildman–Crippen MR) is 81.2 cm³/mol. The lowest BCUT2D eigenvalue weighted by Crippen LogP contribution is -2.20. The molecule has 0 aliphatic heterocycles. The molecule has 0 bridgehead atoms. The zero-order valence-corrected chi connectivity index (χ0v) is 12.2. The first kappa shape index (κ1) is 13.6. The molecule has 0 aliphatic carbocycles. The maximum absolute atomic E-state index is 5.24. The van der Waals surface area contributed by atoms with Gasteiger partial charge in [0.05, 0.1) is 13.2 Å². The molecule has 5 heteroatoms. The summed E-state index contributed by atoms with van der Waals surface area (Å²) in [5, 5.41) is 11.9. The van der Waals surface area contributed by atoms with Crippen molar-refractivity contribution in [1.29, 1.82) is 0 Å². The summed E-state index contributed by atoms with van der Waals surface area (Å²) < 4.78 is 7.24. The molecule has 2 heterocycles.